The molecule has 0 aromatic rings. The van der Waals surface area contributed by atoms with Crippen LogP contribution in [0, 0.1) is 0 Å². The highest BCUT2D eigenvalue weighted by molar-refractivity contribution is 6.01. The standard InChI is InChI=1S/C28H46N4O12/c1-15(34)29-19-16(30-23(31-24(36)43-26(2,3)4)32-25(37)44-27(5,6)7)13-17(22(35)38-10)41-21(19)20(39-12-11-33)18-14-40-28(8,9)42-18/h13,16,18-21,33H,11-12,14H2,1-10H3,(H,29,34)(H2,30,31,32,36,37)/t16-,18+,19+,20+,21+/m0/s1. The van der Waals surface area contributed by atoms with Gasteiger partial charge in [0, 0.05) is 6.92 Å². The number of aliphatic hydroxyl groups is 1. The Hall–Kier alpha value is -3.47. The highest BCUT2D eigenvalue weighted by atomic mass is 16.8. The van der Waals surface area contributed by atoms with Crippen molar-refractivity contribution in [3.05, 3.63) is 11.8 Å². The molecule has 0 aromatic carbocycles. The van der Waals surface area contributed by atoms with Crippen LogP contribution in [0.2, 0.25) is 0 Å². The van der Waals surface area contributed by atoms with Gasteiger partial charge < -0.3 is 43.6 Å². The third kappa shape index (κ3) is 11.9. The average Bonchev–Trinajstić information content (AvgIpc) is 3.21. The molecule has 2 heterocycles. The van der Waals surface area contributed by atoms with Gasteiger partial charge in [-0.3, -0.25) is 15.4 Å². The molecule has 0 bridgehead atoms. The largest absolute Gasteiger partial charge is 0.478 e. The molecule has 250 valence electrons. The van der Waals surface area contributed by atoms with Gasteiger partial charge in [0.15, 0.2) is 11.9 Å². The van der Waals surface area contributed by atoms with Crippen LogP contribution in [-0.4, -0.2) is 109 Å². The van der Waals surface area contributed by atoms with Crippen molar-refractivity contribution < 1.29 is 57.4 Å². The fourth-order valence-electron chi connectivity index (χ4n) is 4.25. The number of hydrogen-bond donors (Lipinski definition) is 4. The van der Waals surface area contributed by atoms with Gasteiger partial charge in [-0.2, -0.15) is 0 Å². The molecular formula is C28H46N4O12. The molecule has 0 spiro atoms. The zero-order valence-electron chi connectivity index (χ0n) is 27.0. The van der Waals surface area contributed by atoms with Crippen molar-refractivity contribution >= 4 is 30.0 Å². The van der Waals surface area contributed by atoms with E-state index in [2.05, 4.69) is 20.9 Å². The van der Waals surface area contributed by atoms with Gasteiger partial charge in [0.1, 0.15) is 23.4 Å². The fraction of sp³-hybridized carbons (Fsp3) is 0.750. The minimum atomic E-state index is -1.18. The van der Waals surface area contributed by atoms with Gasteiger partial charge >= 0.3 is 18.2 Å². The third-order valence-electron chi connectivity index (χ3n) is 5.70. The molecule has 16 heteroatoms. The van der Waals surface area contributed by atoms with Gasteiger partial charge in [-0.1, -0.05) is 0 Å². The number of ether oxygens (including phenoxy) is 7. The number of nitrogens with one attached hydrogen (secondary N) is 3. The zero-order valence-corrected chi connectivity index (χ0v) is 27.0. The van der Waals surface area contributed by atoms with E-state index in [9.17, 15) is 24.3 Å². The van der Waals surface area contributed by atoms with Gasteiger partial charge in [-0.15, -0.1) is 0 Å². The summed E-state index contributed by atoms with van der Waals surface area (Å²) in [5.41, 5.74) is -1.79. The maximum absolute atomic E-state index is 12.7. The molecule has 1 saturated heterocycles. The molecule has 4 N–H and O–H groups in total. The predicted molar refractivity (Wildman–Crippen MR) is 154 cm³/mol. The lowest BCUT2D eigenvalue weighted by Gasteiger charge is -2.40. The number of esters is 1. The van der Waals surface area contributed by atoms with E-state index in [1.54, 1.807) is 55.4 Å². The third-order valence-corrected chi connectivity index (χ3v) is 5.70. The van der Waals surface area contributed by atoms with Crippen molar-refractivity contribution in [2.24, 2.45) is 4.99 Å². The summed E-state index contributed by atoms with van der Waals surface area (Å²) in [4.78, 5) is 55.1. The zero-order chi connectivity index (χ0) is 33.5. The van der Waals surface area contributed by atoms with Crippen LogP contribution in [0.3, 0.4) is 0 Å². The Morgan fingerprint density at radius 3 is 2.07 bits per heavy atom. The summed E-state index contributed by atoms with van der Waals surface area (Å²) in [6.45, 7) is 14.1. The number of aliphatic hydroxyl groups excluding tert-OH is 1. The number of rotatable bonds is 8. The quantitative estimate of drug-likeness (QED) is 0.130. The second-order valence-corrected chi connectivity index (χ2v) is 12.5. The molecule has 44 heavy (non-hydrogen) atoms. The number of guanidine groups is 1. The van der Waals surface area contributed by atoms with Gasteiger partial charge in [-0.25, -0.2) is 19.4 Å². The molecule has 2 aliphatic rings. The predicted octanol–water partition coefficient (Wildman–Crippen LogP) is 1.25. The first-order valence-corrected chi connectivity index (χ1v) is 14.1. The van der Waals surface area contributed by atoms with E-state index in [4.69, 9.17) is 33.2 Å². The molecule has 2 rings (SSSR count). The van der Waals surface area contributed by atoms with Crippen LogP contribution < -0.4 is 16.0 Å². The molecule has 16 nitrogen and oxygen atoms in total. The molecule has 3 amide bonds. The first kappa shape index (κ1) is 36.7. The molecule has 1 fully saturated rings. The number of carbonyl (C=O) groups is 4. The Morgan fingerprint density at radius 1 is 1.07 bits per heavy atom. The normalized spacial score (nSPS) is 23.7. The Labute approximate surface area is 257 Å². The van der Waals surface area contributed by atoms with Crippen molar-refractivity contribution in [1.82, 2.24) is 16.0 Å². The van der Waals surface area contributed by atoms with E-state index in [0.717, 1.165) is 7.11 Å². The van der Waals surface area contributed by atoms with Crippen LogP contribution >= 0.6 is 0 Å². The number of nitrogens with zero attached hydrogens (tertiary/aromatic N) is 1. The van der Waals surface area contributed by atoms with E-state index in [0.29, 0.717) is 0 Å². The molecule has 0 unspecified atom stereocenters. The number of hydrogen-bond acceptors (Lipinski definition) is 13. The van der Waals surface area contributed by atoms with Crippen molar-refractivity contribution in [3.8, 4) is 0 Å². The van der Waals surface area contributed by atoms with E-state index in [1.807, 2.05) is 0 Å². The van der Waals surface area contributed by atoms with Gasteiger partial charge in [-0.05, 0) is 61.5 Å². The molecule has 2 aliphatic heterocycles. The van der Waals surface area contributed by atoms with Crippen LogP contribution in [-0.2, 0) is 42.7 Å². The van der Waals surface area contributed by atoms with Crippen molar-refractivity contribution in [2.45, 2.75) is 110 Å². The van der Waals surface area contributed by atoms with Crippen LogP contribution in [0.15, 0.2) is 16.8 Å². The first-order chi connectivity index (χ1) is 20.2. The van der Waals surface area contributed by atoms with Gasteiger partial charge in [0.2, 0.25) is 17.6 Å². The SMILES string of the molecule is COC(=O)C1=C[C@H](N=C(NC(=O)OC(C)(C)C)NC(=O)OC(C)(C)C)[C@@H](NC(C)=O)[C@H]([C@H](OCCO)[C@H]2COC(C)(C)O2)O1. The van der Waals surface area contributed by atoms with Crippen molar-refractivity contribution in [2.75, 3.05) is 26.9 Å². The van der Waals surface area contributed by atoms with Crippen LogP contribution in [0.5, 0.6) is 0 Å². The topological polar surface area (TPSA) is 202 Å². The lowest BCUT2D eigenvalue weighted by molar-refractivity contribution is -0.180. The Bertz CT molecular complexity index is 1080. The van der Waals surface area contributed by atoms with Crippen LogP contribution in [0.1, 0.15) is 62.3 Å². The van der Waals surface area contributed by atoms with E-state index in [-0.39, 0.29) is 25.6 Å². The van der Waals surface area contributed by atoms with Crippen LogP contribution in [0.25, 0.3) is 0 Å². The first-order valence-electron chi connectivity index (χ1n) is 14.1. The van der Waals surface area contributed by atoms with E-state index in [1.165, 1.54) is 13.0 Å². The number of alkyl carbamates (subject to hydrolysis) is 2. The summed E-state index contributed by atoms with van der Waals surface area (Å²) in [5.74, 6) is -3.06. The second kappa shape index (κ2) is 15.0. The fourth-order valence-corrected chi connectivity index (χ4v) is 4.25. The molecule has 0 aliphatic carbocycles. The van der Waals surface area contributed by atoms with Crippen molar-refractivity contribution in [3.63, 3.8) is 0 Å². The molecule has 0 aromatic heterocycles. The number of carbonyl (C=O) groups excluding carboxylic acids is 4. The smallest absolute Gasteiger partial charge is 0.414 e. The minimum Gasteiger partial charge on any atom is -0.478 e. The highest BCUT2D eigenvalue weighted by Crippen LogP contribution is 2.32. The number of aliphatic imine (C=N–C) groups is 1. The monoisotopic (exact) mass is 630 g/mol. The summed E-state index contributed by atoms with van der Waals surface area (Å²) >= 11 is 0. The van der Waals surface area contributed by atoms with E-state index < -0.39 is 77.4 Å². The molecule has 0 saturated carbocycles. The maximum Gasteiger partial charge on any atom is 0.414 e. The molecular weight excluding hydrogens is 584 g/mol. The number of amides is 3. The molecule has 0 radical (unpaired) electrons. The Kier molecular flexibility index (Phi) is 12.5. The van der Waals surface area contributed by atoms with Crippen molar-refractivity contribution in [1.29, 1.82) is 0 Å². The highest BCUT2D eigenvalue weighted by Gasteiger charge is 2.49. The summed E-state index contributed by atoms with van der Waals surface area (Å²) in [5, 5.41) is 17.0. The minimum absolute atomic E-state index is 0.0621. The molecule has 5 atom stereocenters. The van der Waals surface area contributed by atoms with Gasteiger partial charge in [0.05, 0.1) is 39.0 Å². The van der Waals surface area contributed by atoms with E-state index >= 15 is 0 Å². The summed E-state index contributed by atoms with van der Waals surface area (Å²) in [7, 11) is 1.15. The lowest BCUT2D eigenvalue weighted by atomic mass is 9.92. The number of methoxy groups -OCH3 is 1. The van der Waals surface area contributed by atoms with Crippen LogP contribution in [0.4, 0.5) is 9.59 Å². The van der Waals surface area contributed by atoms with Gasteiger partial charge in [0.25, 0.3) is 0 Å². The Morgan fingerprint density at radius 2 is 1.64 bits per heavy atom. The summed E-state index contributed by atoms with van der Waals surface area (Å²) in [6.07, 6.45) is -3.61. The Balaban J connectivity index is 2.66. The average molecular weight is 631 g/mol. The summed E-state index contributed by atoms with van der Waals surface area (Å²) in [6, 6.07) is -2.25. The lowest BCUT2D eigenvalue weighted by Crippen LogP contribution is -2.61. The maximum atomic E-state index is 12.7. The summed E-state index contributed by atoms with van der Waals surface area (Å²) < 4.78 is 39.2. The second-order valence-electron chi connectivity index (χ2n) is 12.5.